The predicted octanol–water partition coefficient (Wildman–Crippen LogP) is 3.74. The highest BCUT2D eigenvalue weighted by Crippen LogP contribution is 2.31. The summed E-state index contributed by atoms with van der Waals surface area (Å²) in [5.41, 5.74) is 1.61. The molecule has 92 valence electrons. The minimum atomic E-state index is -0.610. The minimum Gasteiger partial charge on any atom is -0.505 e. The lowest BCUT2D eigenvalue weighted by atomic mass is 10.1. The zero-order valence-electron chi connectivity index (χ0n) is 9.77. The molecule has 1 aliphatic carbocycles. The first kappa shape index (κ1) is 11.1. The molecule has 0 bridgehead atoms. The second kappa shape index (κ2) is 4.33. The molecule has 0 amide bonds. The van der Waals surface area contributed by atoms with Crippen molar-refractivity contribution in [1.82, 2.24) is 0 Å². The summed E-state index contributed by atoms with van der Waals surface area (Å²) in [5.74, 6) is -0.131. The molecule has 1 aliphatic rings. The lowest BCUT2D eigenvalue weighted by Gasteiger charge is -2.07. The van der Waals surface area contributed by atoms with Crippen LogP contribution >= 0.6 is 0 Å². The normalized spacial score (nSPS) is 14.5. The molecular weight excluding hydrogens is 231 g/mol. The first-order valence-electron chi connectivity index (χ1n) is 5.98. The van der Waals surface area contributed by atoms with Crippen molar-refractivity contribution in [2.45, 2.75) is 18.9 Å². The molecule has 18 heavy (non-hydrogen) atoms. The molecule has 0 heterocycles. The largest absolute Gasteiger partial charge is 0.505 e. The van der Waals surface area contributed by atoms with Crippen LogP contribution in [0.3, 0.4) is 0 Å². The van der Waals surface area contributed by atoms with Crippen LogP contribution in [0.1, 0.15) is 12.8 Å². The average Bonchev–Trinajstić information content (AvgIpc) is 3.17. The lowest BCUT2D eigenvalue weighted by Crippen LogP contribution is -1.95. The van der Waals surface area contributed by atoms with Gasteiger partial charge >= 0.3 is 0 Å². The van der Waals surface area contributed by atoms with Gasteiger partial charge in [0.25, 0.3) is 0 Å². The smallest absolute Gasteiger partial charge is 0.165 e. The second-order valence-corrected chi connectivity index (χ2v) is 4.51. The Morgan fingerprint density at radius 1 is 1.06 bits per heavy atom. The van der Waals surface area contributed by atoms with E-state index in [0.29, 0.717) is 6.10 Å². The summed E-state index contributed by atoms with van der Waals surface area (Å²) < 4.78 is 19.0. The maximum atomic E-state index is 13.3. The average molecular weight is 244 g/mol. The van der Waals surface area contributed by atoms with Crippen LogP contribution < -0.4 is 4.74 Å². The van der Waals surface area contributed by atoms with E-state index in [9.17, 15) is 9.50 Å². The number of halogens is 1. The Hall–Kier alpha value is -2.03. The fraction of sp³-hybridized carbons (Fsp3) is 0.200. The van der Waals surface area contributed by atoms with Crippen molar-refractivity contribution in [3.8, 4) is 22.6 Å². The van der Waals surface area contributed by atoms with Gasteiger partial charge in [-0.3, -0.25) is 0 Å². The molecule has 2 nitrogen and oxygen atoms in total. The Morgan fingerprint density at radius 2 is 1.83 bits per heavy atom. The van der Waals surface area contributed by atoms with Gasteiger partial charge in [-0.2, -0.15) is 0 Å². The third-order valence-corrected chi connectivity index (χ3v) is 2.94. The van der Waals surface area contributed by atoms with Gasteiger partial charge < -0.3 is 9.84 Å². The first-order chi connectivity index (χ1) is 8.72. The first-order valence-corrected chi connectivity index (χ1v) is 5.98. The Labute approximate surface area is 105 Å². The van der Waals surface area contributed by atoms with Gasteiger partial charge in [-0.25, -0.2) is 4.39 Å². The van der Waals surface area contributed by atoms with Gasteiger partial charge in [-0.05, 0) is 48.2 Å². The van der Waals surface area contributed by atoms with Crippen LogP contribution in [-0.2, 0) is 0 Å². The van der Waals surface area contributed by atoms with Crippen LogP contribution in [0.15, 0.2) is 42.5 Å². The van der Waals surface area contributed by atoms with E-state index in [1.165, 1.54) is 12.1 Å². The minimum absolute atomic E-state index is 0.330. The number of hydrogen-bond donors (Lipinski definition) is 1. The molecule has 1 N–H and O–H groups in total. The third kappa shape index (κ3) is 2.30. The quantitative estimate of drug-likeness (QED) is 0.891. The van der Waals surface area contributed by atoms with Crippen LogP contribution in [0.25, 0.3) is 11.1 Å². The summed E-state index contributed by atoms with van der Waals surface area (Å²) in [7, 11) is 0. The molecule has 0 unspecified atom stereocenters. The number of phenolic OH excluding ortho intramolecular Hbond substituents is 1. The predicted molar refractivity (Wildman–Crippen MR) is 67.2 cm³/mol. The monoisotopic (exact) mass is 244 g/mol. The summed E-state index contributed by atoms with van der Waals surface area (Å²) in [5, 5.41) is 9.17. The number of hydrogen-bond acceptors (Lipinski definition) is 2. The molecule has 0 aliphatic heterocycles. The highest BCUT2D eigenvalue weighted by Gasteiger charge is 2.23. The van der Waals surface area contributed by atoms with E-state index < -0.39 is 5.82 Å². The van der Waals surface area contributed by atoms with Crippen LogP contribution in [0.4, 0.5) is 4.39 Å². The van der Waals surface area contributed by atoms with Crippen LogP contribution in [0.2, 0.25) is 0 Å². The van der Waals surface area contributed by atoms with E-state index in [4.69, 9.17) is 4.74 Å². The molecule has 0 atom stereocenters. The van der Waals surface area contributed by atoms with E-state index >= 15 is 0 Å². The molecule has 3 rings (SSSR count). The molecule has 0 aromatic heterocycles. The molecule has 2 aromatic rings. The Kier molecular flexibility index (Phi) is 2.67. The summed E-state index contributed by atoms with van der Waals surface area (Å²) in [6, 6.07) is 11.9. The second-order valence-electron chi connectivity index (χ2n) is 4.51. The highest BCUT2D eigenvalue weighted by molar-refractivity contribution is 5.65. The van der Waals surface area contributed by atoms with Gasteiger partial charge in [0.15, 0.2) is 11.6 Å². The van der Waals surface area contributed by atoms with Crippen LogP contribution in [-0.4, -0.2) is 11.2 Å². The number of aromatic hydroxyl groups is 1. The summed E-state index contributed by atoms with van der Waals surface area (Å²) in [4.78, 5) is 0. The molecule has 2 aromatic carbocycles. The van der Waals surface area contributed by atoms with E-state index in [-0.39, 0.29) is 5.75 Å². The van der Waals surface area contributed by atoms with Crippen molar-refractivity contribution in [1.29, 1.82) is 0 Å². The van der Waals surface area contributed by atoms with E-state index in [0.717, 1.165) is 29.7 Å². The molecule has 0 spiro atoms. The molecule has 1 fully saturated rings. The van der Waals surface area contributed by atoms with Crippen molar-refractivity contribution in [3.05, 3.63) is 48.3 Å². The van der Waals surface area contributed by atoms with Crippen LogP contribution in [0, 0.1) is 5.82 Å². The number of rotatable bonds is 3. The Bertz CT molecular complexity index is 576. The van der Waals surface area contributed by atoms with Crippen molar-refractivity contribution < 1.29 is 14.2 Å². The topological polar surface area (TPSA) is 29.5 Å². The number of phenols is 1. The summed E-state index contributed by atoms with van der Waals surface area (Å²) >= 11 is 0. The van der Waals surface area contributed by atoms with E-state index in [2.05, 4.69) is 0 Å². The fourth-order valence-corrected chi connectivity index (χ4v) is 1.81. The SMILES string of the molecule is Oc1ccc(-c2cccc(OC3CC3)c2)cc1F. The Balaban J connectivity index is 1.92. The van der Waals surface area contributed by atoms with Crippen LogP contribution in [0.5, 0.6) is 11.5 Å². The van der Waals surface area contributed by atoms with Gasteiger partial charge in [0.1, 0.15) is 5.75 Å². The zero-order valence-corrected chi connectivity index (χ0v) is 9.77. The summed E-state index contributed by atoms with van der Waals surface area (Å²) in [6.45, 7) is 0. The maximum absolute atomic E-state index is 13.3. The fourth-order valence-electron chi connectivity index (χ4n) is 1.81. The molecule has 3 heteroatoms. The van der Waals surface area contributed by atoms with Gasteiger partial charge in [0.2, 0.25) is 0 Å². The lowest BCUT2D eigenvalue weighted by molar-refractivity contribution is 0.303. The summed E-state index contributed by atoms with van der Waals surface area (Å²) in [6.07, 6.45) is 2.56. The third-order valence-electron chi connectivity index (χ3n) is 2.94. The molecule has 0 saturated heterocycles. The van der Waals surface area contributed by atoms with Gasteiger partial charge in [0, 0.05) is 0 Å². The van der Waals surface area contributed by atoms with Crippen molar-refractivity contribution in [2.75, 3.05) is 0 Å². The van der Waals surface area contributed by atoms with Crippen molar-refractivity contribution in [2.24, 2.45) is 0 Å². The Morgan fingerprint density at radius 3 is 2.56 bits per heavy atom. The van der Waals surface area contributed by atoms with Gasteiger partial charge in [0.05, 0.1) is 6.10 Å². The highest BCUT2D eigenvalue weighted by atomic mass is 19.1. The van der Waals surface area contributed by atoms with Crippen molar-refractivity contribution >= 4 is 0 Å². The molecular formula is C15H13FO2. The molecule has 1 saturated carbocycles. The van der Waals surface area contributed by atoms with E-state index in [1.807, 2.05) is 24.3 Å². The zero-order chi connectivity index (χ0) is 12.5. The van der Waals surface area contributed by atoms with Gasteiger partial charge in [-0.15, -0.1) is 0 Å². The number of ether oxygens (including phenoxy) is 1. The van der Waals surface area contributed by atoms with Gasteiger partial charge in [-0.1, -0.05) is 18.2 Å². The molecule has 0 radical (unpaired) electrons. The van der Waals surface area contributed by atoms with Crippen molar-refractivity contribution in [3.63, 3.8) is 0 Å². The van der Waals surface area contributed by atoms with E-state index in [1.54, 1.807) is 6.07 Å². The number of benzene rings is 2. The maximum Gasteiger partial charge on any atom is 0.165 e. The standard InChI is InChI=1S/C15H13FO2/c16-14-9-11(4-7-15(14)17)10-2-1-3-13(8-10)18-12-5-6-12/h1-4,7-9,12,17H,5-6H2.